The highest BCUT2D eigenvalue weighted by Gasteiger charge is 2.05. The van der Waals surface area contributed by atoms with Crippen LogP contribution in [0, 0.1) is 6.92 Å². The highest BCUT2D eigenvalue weighted by atomic mass is 16.5. The SMILES string of the molecule is CCCOc1ccc(/C=C/C(=O)Nc2cnccc2C)cc1OC. The van der Waals surface area contributed by atoms with Gasteiger partial charge >= 0.3 is 0 Å². The molecule has 1 aromatic carbocycles. The van der Waals surface area contributed by atoms with Crippen molar-refractivity contribution < 1.29 is 14.3 Å². The lowest BCUT2D eigenvalue weighted by molar-refractivity contribution is -0.111. The first-order chi connectivity index (χ1) is 11.6. The predicted octanol–water partition coefficient (Wildman–Crippen LogP) is 3.84. The van der Waals surface area contributed by atoms with Crippen LogP contribution in [0.5, 0.6) is 11.5 Å². The van der Waals surface area contributed by atoms with Crippen LogP contribution in [0.3, 0.4) is 0 Å². The van der Waals surface area contributed by atoms with E-state index in [0.29, 0.717) is 23.8 Å². The number of carbonyl (C=O) groups excluding carboxylic acids is 1. The number of nitrogens with zero attached hydrogens (tertiary/aromatic N) is 1. The maximum atomic E-state index is 12.0. The minimum absolute atomic E-state index is 0.212. The highest BCUT2D eigenvalue weighted by molar-refractivity contribution is 6.02. The Hall–Kier alpha value is -2.82. The number of aryl methyl sites for hydroxylation is 1. The van der Waals surface area contributed by atoms with Crippen molar-refractivity contribution in [2.45, 2.75) is 20.3 Å². The zero-order valence-electron chi connectivity index (χ0n) is 14.2. The van der Waals surface area contributed by atoms with Gasteiger partial charge in [0.25, 0.3) is 0 Å². The summed E-state index contributed by atoms with van der Waals surface area (Å²) in [6, 6.07) is 7.41. The molecule has 0 atom stereocenters. The number of anilines is 1. The molecular formula is C19H22N2O3. The highest BCUT2D eigenvalue weighted by Crippen LogP contribution is 2.28. The average molecular weight is 326 g/mol. The number of benzene rings is 1. The van der Waals surface area contributed by atoms with Gasteiger partial charge in [0.1, 0.15) is 0 Å². The minimum Gasteiger partial charge on any atom is -0.493 e. The van der Waals surface area contributed by atoms with Gasteiger partial charge in [0.15, 0.2) is 11.5 Å². The molecule has 5 nitrogen and oxygen atoms in total. The van der Waals surface area contributed by atoms with Gasteiger partial charge in [-0.05, 0) is 48.7 Å². The maximum absolute atomic E-state index is 12.0. The molecular weight excluding hydrogens is 304 g/mol. The molecule has 0 aliphatic rings. The second-order valence-corrected chi connectivity index (χ2v) is 5.27. The quantitative estimate of drug-likeness (QED) is 0.785. The summed E-state index contributed by atoms with van der Waals surface area (Å²) in [5.41, 5.74) is 2.52. The Morgan fingerprint density at radius 1 is 1.29 bits per heavy atom. The average Bonchev–Trinajstić information content (AvgIpc) is 2.60. The molecule has 0 saturated heterocycles. The van der Waals surface area contributed by atoms with E-state index in [1.54, 1.807) is 25.6 Å². The van der Waals surface area contributed by atoms with E-state index >= 15 is 0 Å². The Kier molecular flexibility index (Phi) is 6.37. The Balaban J connectivity index is 2.05. The third-order valence-electron chi connectivity index (χ3n) is 3.37. The molecule has 0 radical (unpaired) electrons. The van der Waals surface area contributed by atoms with Gasteiger partial charge in [0.05, 0.1) is 25.6 Å². The lowest BCUT2D eigenvalue weighted by Crippen LogP contribution is -2.09. The zero-order valence-corrected chi connectivity index (χ0v) is 14.2. The fraction of sp³-hybridized carbons (Fsp3) is 0.263. The summed E-state index contributed by atoms with van der Waals surface area (Å²) in [7, 11) is 1.60. The number of aromatic nitrogens is 1. The minimum atomic E-state index is -0.212. The van der Waals surface area contributed by atoms with Crippen molar-refractivity contribution >= 4 is 17.7 Å². The van der Waals surface area contributed by atoms with E-state index < -0.39 is 0 Å². The van der Waals surface area contributed by atoms with Crippen LogP contribution in [0.1, 0.15) is 24.5 Å². The summed E-state index contributed by atoms with van der Waals surface area (Å²) in [5, 5.41) is 2.80. The number of rotatable bonds is 7. The van der Waals surface area contributed by atoms with Gasteiger partial charge in [-0.1, -0.05) is 13.0 Å². The Morgan fingerprint density at radius 3 is 2.83 bits per heavy atom. The second-order valence-electron chi connectivity index (χ2n) is 5.27. The largest absolute Gasteiger partial charge is 0.493 e. The lowest BCUT2D eigenvalue weighted by atomic mass is 10.2. The van der Waals surface area contributed by atoms with E-state index in [4.69, 9.17) is 9.47 Å². The molecule has 24 heavy (non-hydrogen) atoms. The van der Waals surface area contributed by atoms with Crippen LogP contribution < -0.4 is 14.8 Å². The first kappa shape index (κ1) is 17.5. The van der Waals surface area contributed by atoms with E-state index in [2.05, 4.69) is 10.3 Å². The van der Waals surface area contributed by atoms with Crippen LogP contribution in [0.25, 0.3) is 6.08 Å². The van der Waals surface area contributed by atoms with Crippen LogP contribution in [-0.2, 0) is 4.79 Å². The Bertz CT molecular complexity index is 726. The van der Waals surface area contributed by atoms with Gasteiger partial charge in [-0.2, -0.15) is 0 Å². The van der Waals surface area contributed by atoms with Crippen LogP contribution in [0.4, 0.5) is 5.69 Å². The standard InChI is InChI=1S/C19H22N2O3/c1-4-11-24-17-7-5-15(12-18(17)23-3)6-8-19(22)21-16-13-20-10-9-14(16)2/h5-10,12-13H,4,11H2,1-3H3,(H,21,22)/b8-6+. The molecule has 2 aromatic rings. The number of ether oxygens (including phenoxy) is 2. The van der Waals surface area contributed by atoms with Crippen LogP contribution >= 0.6 is 0 Å². The summed E-state index contributed by atoms with van der Waals surface area (Å²) < 4.78 is 10.9. The molecule has 0 unspecified atom stereocenters. The summed E-state index contributed by atoms with van der Waals surface area (Å²) in [5.74, 6) is 1.14. The van der Waals surface area contributed by atoms with E-state index in [0.717, 1.165) is 17.5 Å². The fourth-order valence-electron chi connectivity index (χ4n) is 2.06. The summed E-state index contributed by atoms with van der Waals surface area (Å²) >= 11 is 0. The third kappa shape index (κ3) is 4.84. The Morgan fingerprint density at radius 2 is 2.12 bits per heavy atom. The van der Waals surface area contributed by atoms with Gasteiger partial charge in [-0.15, -0.1) is 0 Å². The molecule has 126 valence electrons. The molecule has 0 aliphatic carbocycles. The maximum Gasteiger partial charge on any atom is 0.248 e. The number of nitrogens with one attached hydrogen (secondary N) is 1. The second kappa shape index (κ2) is 8.72. The number of amides is 1. The molecule has 0 fully saturated rings. The topological polar surface area (TPSA) is 60.5 Å². The molecule has 0 saturated carbocycles. The van der Waals surface area contributed by atoms with E-state index in [1.807, 2.05) is 38.1 Å². The molecule has 1 aromatic heterocycles. The third-order valence-corrected chi connectivity index (χ3v) is 3.37. The number of carbonyl (C=O) groups is 1. The van der Waals surface area contributed by atoms with Crippen molar-refractivity contribution in [2.75, 3.05) is 19.0 Å². The molecule has 1 heterocycles. The van der Waals surface area contributed by atoms with Crippen molar-refractivity contribution in [1.82, 2.24) is 4.98 Å². The van der Waals surface area contributed by atoms with Gasteiger partial charge in [-0.25, -0.2) is 0 Å². The van der Waals surface area contributed by atoms with Crippen molar-refractivity contribution in [3.8, 4) is 11.5 Å². The normalized spacial score (nSPS) is 10.6. The van der Waals surface area contributed by atoms with Crippen molar-refractivity contribution in [2.24, 2.45) is 0 Å². The first-order valence-corrected chi connectivity index (χ1v) is 7.84. The summed E-state index contributed by atoms with van der Waals surface area (Å²) in [4.78, 5) is 16.0. The van der Waals surface area contributed by atoms with E-state index in [-0.39, 0.29) is 5.91 Å². The number of methoxy groups -OCH3 is 1. The van der Waals surface area contributed by atoms with E-state index in [1.165, 1.54) is 6.08 Å². The van der Waals surface area contributed by atoms with Gasteiger partial charge in [0.2, 0.25) is 5.91 Å². The molecule has 0 aliphatic heterocycles. The Labute approximate surface area is 142 Å². The molecule has 5 heteroatoms. The molecule has 1 amide bonds. The molecule has 0 spiro atoms. The first-order valence-electron chi connectivity index (χ1n) is 7.84. The van der Waals surface area contributed by atoms with Crippen molar-refractivity contribution in [3.63, 3.8) is 0 Å². The zero-order chi connectivity index (χ0) is 17.4. The van der Waals surface area contributed by atoms with Crippen molar-refractivity contribution in [3.05, 3.63) is 53.9 Å². The van der Waals surface area contributed by atoms with Crippen LogP contribution in [-0.4, -0.2) is 24.6 Å². The summed E-state index contributed by atoms with van der Waals surface area (Å²) in [6.45, 7) is 4.60. The molecule has 2 rings (SSSR count). The van der Waals surface area contributed by atoms with Gasteiger partial charge in [0, 0.05) is 12.3 Å². The van der Waals surface area contributed by atoms with Gasteiger partial charge in [-0.3, -0.25) is 9.78 Å². The number of hydrogen-bond donors (Lipinski definition) is 1. The van der Waals surface area contributed by atoms with Gasteiger partial charge < -0.3 is 14.8 Å². The monoisotopic (exact) mass is 326 g/mol. The molecule has 0 bridgehead atoms. The number of hydrogen-bond acceptors (Lipinski definition) is 4. The van der Waals surface area contributed by atoms with Crippen molar-refractivity contribution in [1.29, 1.82) is 0 Å². The summed E-state index contributed by atoms with van der Waals surface area (Å²) in [6.07, 6.45) is 7.46. The van der Waals surface area contributed by atoms with E-state index in [9.17, 15) is 4.79 Å². The fourth-order valence-corrected chi connectivity index (χ4v) is 2.06. The molecule has 1 N–H and O–H groups in total. The predicted molar refractivity (Wildman–Crippen MR) is 95.4 cm³/mol. The lowest BCUT2D eigenvalue weighted by Gasteiger charge is -2.10. The van der Waals surface area contributed by atoms with Crippen LogP contribution in [0.2, 0.25) is 0 Å². The smallest absolute Gasteiger partial charge is 0.248 e. The van der Waals surface area contributed by atoms with Crippen LogP contribution in [0.15, 0.2) is 42.7 Å². The number of pyridine rings is 1.